The second-order valence-electron chi connectivity index (χ2n) is 7.61. The number of allylic oxidation sites excluding steroid dienone is 1. The molecule has 1 N–H and O–H groups in total. The first-order valence-electron chi connectivity index (χ1n) is 10.3. The van der Waals surface area contributed by atoms with E-state index in [0.717, 1.165) is 29.8 Å². The number of Topliss-reactive ketones (excluding diaryl/α,β-unsaturated/α-hetero) is 1. The first-order chi connectivity index (χ1) is 15.2. The van der Waals surface area contributed by atoms with Gasteiger partial charge in [-0.1, -0.05) is 30.3 Å². The molecule has 5 rings (SSSR count). The Kier molecular flexibility index (Phi) is 4.82. The van der Waals surface area contributed by atoms with E-state index in [2.05, 4.69) is 5.32 Å². The van der Waals surface area contributed by atoms with Crippen LogP contribution in [0.5, 0.6) is 5.75 Å². The van der Waals surface area contributed by atoms with Crippen molar-refractivity contribution in [3.8, 4) is 5.75 Å². The SMILES string of the molecule is COc1ccccc1C1C2=C(CCCC2=O)Nc2ccccc2N1C(=O)c1ccco1. The summed E-state index contributed by atoms with van der Waals surface area (Å²) in [6.07, 6.45) is 3.44. The molecule has 2 aromatic carbocycles. The van der Waals surface area contributed by atoms with Crippen molar-refractivity contribution in [2.24, 2.45) is 0 Å². The number of carbonyl (C=O) groups is 2. The van der Waals surface area contributed by atoms with Crippen LogP contribution in [0.3, 0.4) is 0 Å². The third kappa shape index (κ3) is 3.20. The molecule has 6 heteroatoms. The van der Waals surface area contributed by atoms with Gasteiger partial charge in [0.15, 0.2) is 11.5 Å². The molecule has 0 spiro atoms. The van der Waals surface area contributed by atoms with Gasteiger partial charge in [0, 0.05) is 23.3 Å². The molecule has 1 aromatic heterocycles. The molecule has 2 aliphatic rings. The summed E-state index contributed by atoms with van der Waals surface area (Å²) in [5.74, 6) is 0.549. The number of ether oxygens (including phenoxy) is 1. The Labute approximate surface area is 180 Å². The molecule has 1 amide bonds. The van der Waals surface area contributed by atoms with Gasteiger partial charge in [0.2, 0.25) is 0 Å². The second kappa shape index (κ2) is 7.80. The van der Waals surface area contributed by atoms with Crippen LogP contribution in [0.25, 0.3) is 0 Å². The van der Waals surface area contributed by atoms with Crippen molar-refractivity contribution in [2.75, 3.05) is 17.3 Å². The maximum absolute atomic E-state index is 13.8. The van der Waals surface area contributed by atoms with Crippen LogP contribution in [0.4, 0.5) is 11.4 Å². The summed E-state index contributed by atoms with van der Waals surface area (Å²) in [6.45, 7) is 0. The third-order valence-electron chi connectivity index (χ3n) is 5.82. The van der Waals surface area contributed by atoms with Crippen LogP contribution < -0.4 is 15.0 Å². The smallest absolute Gasteiger partial charge is 0.294 e. The van der Waals surface area contributed by atoms with Crippen LogP contribution in [0, 0.1) is 0 Å². The number of hydrogen-bond acceptors (Lipinski definition) is 5. The summed E-state index contributed by atoms with van der Waals surface area (Å²) in [5.41, 5.74) is 3.68. The number of nitrogens with one attached hydrogen (secondary N) is 1. The van der Waals surface area contributed by atoms with Gasteiger partial charge in [-0.3, -0.25) is 14.5 Å². The zero-order valence-electron chi connectivity index (χ0n) is 17.1. The summed E-state index contributed by atoms with van der Waals surface area (Å²) in [5, 5.41) is 3.45. The van der Waals surface area contributed by atoms with E-state index in [4.69, 9.17) is 9.15 Å². The predicted octanol–water partition coefficient (Wildman–Crippen LogP) is 5.11. The van der Waals surface area contributed by atoms with Crippen LogP contribution in [0.1, 0.15) is 41.4 Å². The van der Waals surface area contributed by atoms with Crippen molar-refractivity contribution in [3.05, 3.63) is 89.5 Å². The maximum Gasteiger partial charge on any atom is 0.294 e. The number of amides is 1. The quantitative estimate of drug-likeness (QED) is 0.645. The molecule has 1 aliphatic heterocycles. The topological polar surface area (TPSA) is 71.8 Å². The fraction of sp³-hybridized carbons (Fsp3) is 0.200. The molecule has 156 valence electrons. The van der Waals surface area contributed by atoms with Crippen LogP contribution in [-0.4, -0.2) is 18.8 Å². The number of anilines is 2. The molecule has 31 heavy (non-hydrogen) atoms. The van der Waals surface area contributed by atoms with Gasteiger partial charge in [0.05, 0.1) is 30.8 Å². The number of fused-ring (bicyclic) bond motifs is 1. The highest BCUT2D eigenvalue weighted by molar-refractivity contribution is 6.10. The van der Waals surface area contributed by atoms with Crippen LogP contribution in [0.2, 0.25) is 0 Å². The lowest BCUT2D eigenvalue weighted by atomic mass is 9.85. The number of benzene rings is 2. The standard InChI is InChI=1S/C25H22N2O4/c1-30-21-13-5-2-8-16(21)24-23-18(10-6-12-20(23)28)26-17-9-3-4-11-19(17)27(24)25(29)22-14-7-15-31-22/h2-5,7-9,11,13-15,24,26H,6,10,12H2,1H3. The first-order valence-corrected chi connectivity index (χ1v) is 10.3. The summed E-state index contributed by atoms with van der Waals surface area (Å²) >= 11 is 0. The molecule has 2 heterocycles. The number of hydrogen-bond donors (Lipinski definition) is 1. The number of rotatable bonds is 3. The van der Waals surface area contributed by atoms with Crippen molar-refractivity contribution in [1.82, 2.24) is 0 Å². The number of methoxy groups -OCH3 is 1. The zero-order valence-corrected chi connectivity index (χ0v) is 17.1. The minimum absolute atomic E-state index is 0.0368. The predicted molar refractivity (Wildman–Crippen MR) is 117 cm³/mol. The minimum Gasteiger partial charge on any atom is -0.496 e. The van der Waals surface area contributed by atoms with Gasteiger partial charge in [-0.15, -0.1) is 0 Å². The normalized spacial score (nSPS) is 18.0. The van der Waals surface area contributed by atoms with E-state index in [1.54, 1.807) is 24.1 Å². The molecule has 1 unspecified atom stereocenters. The molecule has 0 saturated carbocycles. The van der Waals surface area contributed by atoms with Crippen molar-refractivity contribution in [3.63, 3.8) is 0 Å². The highest BCUT2D eigenvalue weighted by Gasteiger charge is 2.41. The average Bonchev–Trinajstić information content (AvgIpc) is 3.29. The second-order valence-corrected chi connectivity index (χ2v) is 7.61. The highest BCUT2D eigenvalue weighted by atomic mass is 16.5. The van der Waals surface area contributed by atoms with E-state index in [1.165, 1.54) is 6.26 Å². The lowest BCUT2D eigenvalue weighted by molar-refractivity contribution is -0.116. The van der Waals surface area contributed by atoms with Gasteiger partial charge >= 0.3 is 0 Å². The van der Waals surface area contributed by atoms with Gasteiger partial charge in [0.25, 0.3) is 5.91 Å². The Morgan fingerprint density at radius 1 is 1.06 bits per heavy atom. The van der Waals surface area contributed by atoms with Gasteiger partial charge in [-0.25, -0.2) is 0 Å². The van der Waals surface area contributed by atoms with Crippen molar-refractivity contribution < 1.29 is 18.7 Å². The monoisotopic (exact) mass is 414 g/mol. The van der Waals surface area contributed by atoms with E-state index >= 15 is 0 Å². The molecule has 6 nitrogen and oxygen atoms in total. The summed E-state index contributed by atoms with van der Waals surface area (Å²) in [6, 6.07) is 17.8. The Hall–Kier alpha value is -3.80. The summed E-state index contributed by atoms with van der Waals surface area (Å²) < 4.78 is 11.1. The molecule has 0 fully saturated rings. The average molecular weight is 414 g/mol. The largest absolute Gasteiger partial charge is 0.496 e. The van der Waals surface area contributed by atoms with Crippen molar-refractivity contribution >= 4 is 23.1 Å². The Morgan fingerprint density at radius 2 is 1.87 bits per heavy atom. The van der Waals surface area contributed by atoms with Crippen LogP contribution in [-0.2, 0) is 4.79 Å². The molecule has 1 atom stereocenters. The van der Waals surface area contributed by atoms with Crippen molar-refractivity contribution in [2.45, 2.75) is 25.3 Å². The van der Waals surface area contributed by atoms with E-state index < -0.39 is 6.04 Å². The van der Waals surface area contributed by atoms with Crippen molar-refractivity contribution in [1.29, 1.82) is 0 Å². The van der Waals surface area contributed by atoms with Gasteiger partial charge in [-0.05, 0) is 43.2 Å². The molecule has 3 aromatic rings. The van der Waals surface area contributed by atoms with E-state index in [-0.39, 0.29) is 17.5 Å². The van der Waals surface area contributed by atoms with Gasteiger partial charge < -0.3 is 14.5 Å². The maximum atomic E-state index is 13.8. The molecule has 0 saturated heterocycles. The Bertz CT molecular complexity index is 1180. The van der Waals surface area contributed by atoms with E-state index in [1.807, 2.05) is 48.5 Å². The molecule has 0 bridgehead atoms. The number of furan rings is 1. The minimum atomic E-state index is -0.646. The molecular formula is C25H22N2O4. The molecule has 0 radical (unpaired) electrons. The first kappa shape index (κ1) is 19.2. The lowest BCUT2D eigenvalue weighted by Crippen LogP contribution is -2.38. The number of nitrogens with zero attached hydrogens (tertiary/aromatic N) is 1. The number of ketones is 1. The summed E-state index contributed by atoms with van der Waals surface area (Å²) in [7, 11) is 1.60. The molecule has 1 aliphatic carbocycles. The Balaban J connectivity index is 1.82. The van der Waals surface area contributed by atoms with Gasteiger partial charge in [-0.2, -0.15) is 0 Å². The zero-order chi connectivity index (χ0) is 21.4. The summed E-state index contributed by atoms with van der Waals surface area (Å²) in [4.78, 5) is 28.7. The highest BCUT2D eigenvalue weighted by Crippen LogP contribution is 2.47. The van der Waals surface area contributed by atoms with Crippen LogP contribution in [0.15, 0.2) is 82.6 Å². The molecular weight excluding hydrogens is 392 g/mol. The van der Waals surface area contributed by atoms with E-state index in [0.29, 0.717) is 23.4 Å². The Morgan fingerprint density at radius 3 is 2.68 bits per heavy atom. The fourth-order valence-corrected chi connectivity index (χ4v) is 4.46. The number of para-hydroxylation sites is 3. The third-order valence-corrected chi connectivity index (χ3v) is 5.82. The van der Waals surface area contributed by atoms with E-state index in [9.17, 15) is 9.59 Å². The van der Waals surface area contributed by atoms with Crippen LogP contribution >= 0.6 is 0 Å². The lowest BCUT2D eigenvalue weighted by Gasteiger charge is -2.34. The fourth-order valence-electron chi connectivity index (χ4n) is 4.46. The number of carbonyl (C=O) groups excluding carboxylic acids is 2. The van der Waals surface area contributed by atoms with Gasteiger partial charge in [0.1, 0.15) is 5.75 Å².